The van der Waals surface area contributed by atoms with E-state index >= 15 is 0 Å². The van der Waals surface area contributed by atoms with Gasteiger partial charge in [0, 0.05) is 0 Å². The number of hydrogen-bond donors (Lipinski definition) is 0. The van der Waals surface area contributed by atoms with Gasteiger partial charge in [-0.1, -0.05) is 37.5 Å². The summed E-state index contributed by atoms with van der Waals surface area (Å²) in [6, 6.07) is 0. The van der Waals surface area contributed by atoms with Gasteiger partial charge in [0.15, 0.2) is 0 Å². The molecule has 0 atom stereocenters. The molecule has 0 rings (SSSR count). The normalized spacial score (nSPS) is 6.91. The predicted octanol–water partition coefficient (Wildman–Crippen LogP) is 2.73. The Kier molecular flexibility index (Phi) is 18.3. The largest absolute Gasteiger partial charge is 0.373 e. The Morgan fingerprint density at radius 1 is 0.818 bits per heavy atom. The van der Waals surface area contributed by atoms with Gasteiger partial charge in [-0.25, -0.2) is 0 Å². The molecule has 0 unspecified atom stereocenters. The molecule has 0 radical (unpaired) electrons. The second-order valence-corrected chi connectivity index (χ2v) is 1.59. The Bertz CT molecular complexity index is 100. The molecule has 0 aliphatic heterocycles. The highest BCUT2D eigenvalue weighted by Crippen LogP contribution is 1.72. The molecule has 0 aromatic rings. The highest BCUT2D eigenvalue weighted by atomic mass is 16.5. The lowest BCUT2D eigenvalue weighted by molar-refractivity contribution is 0.194. The Balaban J connectivity index is 0. The molecule has 0 aromatic carbocycles. The molecule has 0 aliphatic carbocycles. The van der Waals surface area contributed by atoms with Gasteiger partial charge in [0.1, 0.15) is 0 Å². The van der Waals surface area contributed by atoms with Crippen molar-refractivity contribution in [3.05, 3.63) is 50.6 Å². The van der Waals surface area contributed by atoms with E-state index in [1.54, 1.807) is 24.3 Å². The van der Waals surface area contributed by atoms with E-state index in [1.165, 1.54) is 0 Å². The highest BCUT2D eigenvalue weighted by molar-refractivity contribution is 4.88. The number of hydrogen-bond acceptors (Lipinski definition) is 1. The van der Waals surface area contributed by atoms with Gasteiger partial charge >= 0.3 is 0 Å². The van der Waals surface area contributed by atoms with Crippen molar-refractivity contribution in [2.75, 3.05) is 13.2 Å². The van der Waals surface area contributed by atoms with Crippen LogP contribution in [-0.4, -0.2) is 13.2 Å². The molecular formula is C10H16O. The second kappa shape index (κ2) is 16.0. The lowest BCUT2D eigenvalue weighted by Crippen LogP contribution is -1.87. The molecule has 0 N–H and O–H groups in total. The van der Waals surface area contributed by atoms with E-state index in [-0.39, 0.29) is 0 Å². The van der Waals surface area contributed by atoms with Gasteiger partial charge in [-0.3, -0.25) is 0 Å². The van der Waals surface area contributed by atoms with Crippen molar-refractivity contribution in [2.45, 2.75) is 0 Å². The van der Waals surface area contributed by atoms with Crippen LogP contribution in [0, 0.1) is 0 Å². The van der Waals surface area contributed by atoms with Gasteiger partial charge in [0.2, 0.25) is 0 Å². The fourth-order valence-corrected chi connectivity index (χ4v) is 0.235. The molecule has 0 saturated heterocycles. The van der Waals surface area contributed by atoms with Crippen LogP contribution in [0.2, 0.25) is 0 Å². The molecular weight excluding hydrogens is 136 g/mol. The summed E-state index contributed by atoms with van der Waals surface area (Å²) in [7, 11) is 0. The molecule has 1 heteroatoms. The molecule has 62 valence electrons. The Labute approximate surface area is 69.4 Å². The minimum atomic E-state index is 0.617. The summed E-state index contributed by atoms with van der Waals surface area (Å²) < 4.78 is 4.90. The summed E-state index contributed by atoms with van der Waals surface area (Å²) >= 11 is 0. The first-order valence-electron chi connectivity index (χ1n) is 3.36. The summed E-state index contributed by atoms with van der Waals surface area (Å²) in [5, 5.41) is 0. The zero-order valence-corrected chi connectivity index (χ0v) is 6.96. The van der Waals surface area contributed by atoms with Crippen molar-refractivity contribution in [2.24, 2.45) is 0 Å². The average molecular weight is 152 g/mol. The lowest BCUT2D eigenvalue weighted by atomic mass is 10.6. The van der Waals surface area contributed by atoms with E-state index in [0.717, 1.165) is 0 Å². The highest BCUT2D eigenvalue weighted by Gasteiger charge is 1.70. The van der Waals surface area contributed by atoms with Gasteiger partial charge in [0.05, 0.1) is 13.2 Å². The third-order valence-corrected chi connectivity index (χ3v) is 0.638. The maximum absolute atomic E-state index is 4.90. The summed E-state index contributed by atoms with van der Waals surface area (Å²) in [5.41, 5.74) is 0. The van der Waals surface area contributed by atoms with Crippen molar-refractivity contribution in [1.82, 2.24) is 0 Å². The maximum atomic E-state index is 4.90. The summed E-state index contributed by atoms with van der Waals surface area (Å²) in [6.07, 6.45) is 6.70. The smallest absolute Gasteiger partial charge is 0.0649 e. The zero-order valence-electron chi connectivity index (χ0n) is 6.96. The number of allylic oxidation sites excluding steroid dienone is 2. The number of ether oxygens (including phenoxy) is 1. The van der Waals surface area contributed by atoms with E-state index in [4.69, 9.17) is 4.74 Å². The fourth-order valence-electron chi connectivity index (χ4n) is 0.235. The van der Waals surface area contributed by atoms with Gasteiger partial charge in [0.25, 0.3) is 0 Å². The fraction of sp³-hybridized carbons (Fsp3) is 0.200. The zero-order chi connectivity index (χ0) is 8.95. The molecule has 0 aromatic heterocycles. The molecule has 0 fully saturated rings. The van der Waals surface area contributed by atoms with Crippen LogP contribution in [0.3, 0.4) is 0 Å². The molecule has 0 aliphatic rings. The van der Waals surface area contributed by atoms with E-state index in [9.17, 15) is 0 Å². The minimum absolute atomic E-state index is 0.617. The Morgan fingerprint density at radius 2 is 1.18 bits per heavy atom. The van der Waals surface area contributed by atoms with Gasteiger partial charge < -0.3 is 4.74 Å². The van der Waals surface area contributed by atoms with Crippen LogP contribution in [0.15, 0.2) is 50.6 Å². The monoisotopic (exact) mass is 152 g/mol. The van der Waals surface area contributed by atoms with Crippen LogP contribution in [0.1, 0.15) is 0 Å². The second-order valence-electron chi connectivity index (χ2n) is 1.59. The molecule has 11 heavy (non-hydrogen) atoms. The van der Waals surface area contributed by atoms with Crippen LogP contribution < -0.4 is 0 Å². The molecule has 0 heterocycles. The van der Waals surface area contributed by atoms with Crippen molar-refractivity contribution in [1.29, 1.82) is 0 Å². The minimum Gasteiger partial charge on any atom is -0.373 e. The van der Waals surface area contributed by atoms with Gasteiger partial charge in [-0.15, -0.1) is 13.2 Å². The Hall–Kier alpha value is -1.08. The first-order valence-corrected chi connectivity index (χ1v) is 3.36. The topological polar surface area (TPSA) is 9.23 Å². The molecule has 0 amide bonds. The number of rotatable bonds is 5. The van der Waals surface area contributed by atoms with Crippen LogP contribution in [0.5, 0.6) is 0 Å². The van der Waals surface area contributed by atoms with Crippen molar-refractivity contribution in [3.63, 3.8) is 0 Å². The quantitative estimate of drug-likeness (QED) is 0.334. The average Bonchev–Trinajstić information content (AvgIpc) is 2.06. The third-order valence-electron chi connectivity index (χ3n) is 0.638. The maximum Gasteiger partial charge on any atom is 0.0649 e. The standard InChI is InChI=1S/C6H10O.C4H6/c1-3-5-7-6-4-2;1-3-4-2/h3-4H,1-2,5-6H2;3-4H,1-2H2. The lowest BCUT2D eigenvalue weighted by Gasteiger charge is -1.89. The molecule has 0 spiro atoms. The summed E-state index contributed by atoms with van der Waals surface area (Å²) in [5.74, 6) is 0. The van der Waals surface area contributed by atoms with E-state index in [0.29, 0.717) is 13.2 Å². The first-order chi connectivity index (χ1) is 5.33. The van der Waals surface area contributed by atoms with Gasteiger partial charge in [-0.2, -0.15) is 0 Å². The third kappa shape index (κ3) is 27.8. The van der Waals surface area contributed by atoms with E-state index in [2.05, 4.69) is 26.3 Å². The van der Waals surface area contributed by atoms with Crippen LogP contribution in [-0.2, 0) is 4.74 Å². The Morgan fingerprint density at radius 3 is 1.36 bits per heavy atom. The van der Waals surface area contributed by atoms with Crippen LogP contribution in [0.25, 0.3) is 0 Å². The first kappa shape index (κ1) is 12.6. The van der Waals surface area contributed by atoms with Crippen molar-refractivity contribution >= 4 is 0 Å². The molecule has 0 bridgehead atoms. The molecule has 0 saturated carbocycles. The SMILES string of the molecule is C=CC=C.C=CCOCC=C. The van der Waals surface area contributed by atoms with Crippen LogP contribution >= 0.6 is 0 Å². The van der Waals surface area contributed by atoms with Crippen LogP contribution in [0.4, 0.5) is 0 Å². The van der Waals surface area contributed by atoms with Gasteiger partial charge in [-0.05, 0) is 0 Å². The summed E-state index contributed by atoms with van der Waals surface area (Å²) in [6.45, 7) is 14.9. The summed E-state index contributed by atoms with van der Waals surface area (Å²) in [4.78, 5) is 0. The van der Waals surface area contributed by atoms with Crippen molar-refractivity contribution < 1.29 is 4.74 Å². The molecule has 1 nitrogen and oxygen atoms in total. The van der Waals surface area contributed by atoms with Crippen molar-refractivity contribution in [3.8, 4) is 0 Å². The van der Waals surface area contributed by atoms with E-state index < -0.39 is 0 Å². The van der Waals surface area contributed by atoms with E-state index in [1.807, 2.05) is 0 Å². The predicted molar refractivity (Wildman–Crippen MR) is 51.6 cm³/mol.